The van der Waals surface area contributed by atoms with Gasteiger partial charge in [-0.1, -0.05) is 36.4 Å². The maximum Gasteiger partial charge on any atom is 0.325 e. The minimum absolute atomic E-state index is 0.0842. The number of piperidine rings is 1. The molecular formula is C27H33FN4O2. The van der Waals surface area contributed by atoms with E-state index in [9.17, 15) is 14.0 Å². The van der Waals surface area contributed by atoms with Crippen LogP contribution in [0.5, 0.6) is 0 Å². The van der Waals surface area contributed by atoms with Crippen molar-refractivity contribution < 1.29 is 14.0 Å². The van der Waals surface area contributed by atoms with Gasteiger partial charge in [0.1, 0.15) is 11.4 Å². The van der Waals surface area contributed by atoms with Crippen molar-refractivity contribution >= 4 is 23.7 Å². The monoisotopic (exact) mass is 464 g/mol. The van der Waals surface area contributed by atoms with E-state index < -0.39 is 5.54 Å². The predicted octanol–water partition coefficient (Wildman–Crippen LogP) is 4.13. The first-order valence-corrected chi connectivity index (χ1v) is 11.8. The zero-order valence-electron chi connectivity index (χ0n) is 20.1. The summed E-state index contributed by atoms with van der Waals surface area (Å²) in [5, 5.41) is 2.95. The summed E-state index contributed by atoms with van der Waals surface area (Å²) in [4.78, 5) is 31.5. The number of carbonyl (C=O) groups excluding carboxylic acids is 2. The molecule has 1 N–H and O–H groups in total. The number of nitrogens with one attached hydrogen (secondary N) is 1. The van der Waals surface area contributed by atoms with Crippen LogP contribution in [-0.4, -0.2) is 61.0 Å². The number of rotatable bonds is 7. The van der Waals surface area contributed by atoms with E-state index in [0.717, 1.165) is 38.0 Å². The molecule has 6 nitrogen and oxygen atoms in total. The summed E-state index contributed by atoms with van der Waals surface area (Å²) in [6.45, 7) is 4.61. The van der Waals surface area contributed by atoms with Crippen molar-refractivity contribution in [1.82, 2.24) is 15.1 Å². The molecule has 2 aromatic carbocycles. The van der Waals surface area contributed by atoms with Gasteiger partial charge in [0.25, 0.3) is 5.91 Å². The molecule has 2 aromatic rings. The number of hydrogen-bond acceptors (Lipinski definition) is 4. The molecule has 2 fully saturated rings. The molecule has 0 bridgehead atoms. The Labute approximate surface area is 201 Å². The first-order valence-electron chi connectivity index (χ1n) is 11.8. The highest BCUT2D eigenvalue weighted by Gasteiger charge is 2.52. The lowest BCUT2D eigenvalue weighted by Crippen LogP contribution is -2.53. The van der Waals surface area contributed by atoms with Crippen LogP contribution in [-0.2, 0) is 11.3 Å². The molecule has 0 aromatic heterocycles. The quantitative estimate of drug-likeness (QED) is 0.626. The van der Waals surface area contributed by atoms with Crippen molar-refractivity contribution in [2.45, 2.75) is 31.8 Å². The van der Waals surface area contributed by atoms with Crippen LogP contribution in [0.2, 0.25) is 0 Å². The van der Waals surface area contributed by atoms with Gasteiger partial charge >= 0.3 is 6.03 Å². The largest absolute Gasteiger partial charge is 0.378 e. The van der Waals surface area contributed by atoms with Gasteiger partial charge in [0.2, 0.25) is 0 Å². The summed E-state index contributed by atoms with van der Waals surface area (Å²) in [7, 11) is 4.06. The molecule has 2 aliphatic heterocycles. The van der Waals surface area contributed by atoms with Crippen LogP contribution in [0.15, 0.2) is 54.6 Å². The number of anilines is 1. The fourth-order valence-corrected chi connectivity index (χ4v) is 4.82. The molecule has 1 unspecified atom stereocenters. The smallest absolute Gasteiger partial charge is 0.325 e. The van der Waals surface area contributed by atoms with Gasteiger partial charge in [-0.05, 0) is 74.2 Å². The lowest BCUT2D eigenvalue weighted by Gasteiger charge is -2.38. The van der Waals surface area contributed by atoms with E-state index in [-0.39, 0.29) is 30.2 Å². The molecule has 0 saturated carbocycles. The molecule has 180 valence electrons. The number of urea groups is 1. The van der Waals surface area contributed by atoms with Crippen molar-refractivity contribution in [1.29, 1.82) is 0 Å². The third-order valence-electron chi connectivity index (χ3n) is 7.04. The average Bonchev–Trinajstić information content (AvgIpc) is 3.05. The summed E-state index contributed by atoms with van der Waals surface area (Å²) in [5.74, 6) is -0.447. The maximum absolute atomic E-state index is 13.2. The fourth-order valence-electron chi connectivity index (χ4n) is 4.82. The Morgan fingerprint density at radius 3 is 2.32 bits per heavy atom. The molecular weight excluding hydrogens is 431 g/mol. The summed E-state index contributed by atoms with van der Waals surface area (Å²) in [5.41, 5.74) is 2.19. The molecule has 0 aliphatic carbocycles. The Kier molecular flexibility index (Phi) is 7.03. The van der Waals surface area contributed by atoms with Gasteiger partial charge in [0.15, 0.2) is 0 Å². The summed E-state index contributed by atoms with van der Waals surface area (Å²) in [6, 6.07) is 14.0. The topological polar surface area (TPSA) is 55.9 Å². The van der Waals surface area contributed by atoms with Gasteiger partial charge in [0.05, 0.1) is 6.54 Å². The number of nitrogens with zero attached hydrogens (tertiary/aromatic N) is 3. The van der Waals surface area contributed by atoms with Crippen LogP contribution in [0.1, 0.15) is 30.9 Å². The molecule has 0 radical (unpaired) electrons. The minimum atomic E-state index is -0.896. The lowest BCUT2D eigenvalue weighted by molar-refractivity contribution is -0.133. The van der Waals surface area contributed by atoms with Crippen molar-refractivity contribution in [2.24, 2.45) is 5.92 Å². The molecule has 1 atom stereocenters. The highest BCUT2D eigenvalue weighted by Crippen LogP contribution is 2.34. The number of benzene rings is 2. The van der Waals surface area contributed by atoms with E-state index in [2.05, 4.69) is 51.5 Å². The highest BCUT2D eigenvalue weighted by atomic mass is 19.1. The standard InChI is InChI=1S/C27H33FN4O2/c1-27(25(33)32(26(34)29-27)19-21-6-10-23(28)11-7-21)22-14-17-31(18-15-22)16-4-5-20-8-12-24(13-9-20)30(2)3/h4-13,22H,14-19H2,1-3H3,(H,29,34). The van der Waals surface area contributed by atoms with Gasteiger partial charge in [0, 0.05) is 26.3 Å². The Morgan fingerprint density at radius 1 is 1.06 bits per heavy atom. The molecule has 4 rings (SSSR count). The third-order valence-corrected chi connectivity index (χ3v) is 7.04. The van der Waals surface area contributed by atoms with Crippen LogP contribution < -0.4 is 10.2 Å². The second kappa shape index (κ2) is 9.97. The van der Waals surface area contributed by atoms with E-state index in [1.165, 1.54) is 28.3 Å². The summed E-state index contributed by atoms with van der Waals surface area (Å²) in [6.07, 6.45) is 6.01. The van der Waals surface area contributed by atoms with Crippen LogP contribution in [0.4, 0.5) is 14.9 Å². The number of hydrogen-bond donors (Lipinski definition) is 1. The van der Waals surface area contributed by atoms with Gasteiger partial charge in [-0.2, -0.15) is 0 Å². The van der Waals surface area contributed by atoms with Crippen molar-refractivity contribution in [3.63, 3.8) is 0 Å². The predicted molar refractivity (Wildman–Crippen MR) is 133 cm³/mol. The zero-order chi connectivity index (χ0) is 24.3. The lowest BCUT2D eigenvalue weighted by atomic mass is 9.79. The van der Waals surface area contributed by atoms with Gasteiger partial charge in [-0.25, -0.2) is 9.18 Å². The maximum atomic E-state index is 13.2. The number of likely N-dealkylation sites (tertiary alicyclic amines) is 1. The van der Waals surface area contributed by atoms with Crippen LogP contribution in [0, 0.1) is 11.7 Å². The first-order chi connectivity index (χ1) is 16.3. The van der Waals surface area contributed by atoms with Gasteiger partial charge in [-0.15, -0.1) is 0 Å². The third kappa shape index (κ3) is 5.14. The summed E-state index contributed by atoms with van der Waals surface area (Å²) < 4.78 is 13.2. The Morgan fingerprint density at radius 2 is 1.71 bits per heavy atom. The zero-order valence-corrected chi connectivity index (χ0v) is 20.1. The number of amides is 3. The highest BCUT2D eigenvalue weighted by molar-refractivity contribution is 6.06. The van der Waals surface area contributed by atoms with E-state index >= 15 is 0 Å². The molecule has 0 spiro atoms. The van der Waals surface area contributed by atoms with E-state index in [4.69, 9.17) is 0 Å². The van der Waals surface area contributed by atoms with Crippen molar-refractivity contribution in [3.8, 4) is 0 Å². The van der Waals surface area contributed by atoms with Crippen LogP contribution >= 0.6 is 0 Å². The number of carbonyl (C=O) groups is 2. The Balaban J connectivity index is 1.30. The summed E-state index contributed by atoms with van der Waals surface area (Å²) >= 11 is 0. The van der Waals surface area contributed by atoms with Gasteiger partial charge < -0.3 is 10.2 Å². The fraction of sp³-hybridized carbons (Fsp3) is 0.407. The molecule has 2 saturated heterocycles. The second-order valence-electron chi connectivity index (χ2n) is 9.61. The van der Waals surface area contributed by atoms with Crippen molar-refractivity contribution in [3.05, 3.63) is 71.6 Å². The number of imide groups is 1. The SMILES string of the molecule is CN(C)c1ccc(C=CCN2CCC(C3(C)NC(=O)N(Cc4ccc(F)cc4)C3=O)CC2)cc1. The normalized spacial score (nSPS) is 21.9. The average molecular weight is 465 g/mol. The molecule has 2 aliphatic rings. The molecule has 2 heterocycles. The molecule has 7 heteroatoms. The Hall–Kier alpha value is -3.19. The van der Waals surface area contributed by atoms with E-state index in [1.807, 2.05) is 21.0 Å². The van der Waals surface area contributed by atoms with Gasteiger partial charge in [-0.3, -0.25) is 14.6 Å². The molecule has 3 amide bonds. The number of halogens is 1. The molecule has 34 heavy (non-hydrogen) atoms. The van der Waals surface area contributed by atoms with E-state index in [1.54, 1.807) is 12.1 Å². The van der Waals surface area contributed by atoms with Crippen molar-refractivity contribution in [2.75, 3.05) is 38.6 Å². The Bertz CT molecular complexity index is 1040. The first kappa shape index (κ1) is 24.0. The van der Waals surface area contributed by atoms with Crippen LogP contribution in [0.25, 0.3) is 6.08 Å². The minimum Gasteiger partial charge on any atom is -0.378 e. The van der Waals surface area contributed by atoms with E-state index in [0.29, 0.717) is 0 Å². The van der Waals surface area contributed by atoms with Crippen LogP contribution in [0.3, 0.4) is 0 Å². The second-order valence-corrected chi connectivity index (χ2v) is 9.61.